The van der Waals surface area contributed by atoms with Crippen LogP contribution in [0.4, 0.5) is 0 Å². The lowest BCUT2D eigenvalue weighted by Crippen LogP contribution is -2.12. The Bertz CT molecular complexity index is 266. The molecule has 0 spiro atoms. The first-order valence-electron chi connectivity index (χ1n) is 7.07. The number of carbonyl (C=O) groups is 1. The minimum atomic E-state index is -0.104. The number of methoxy groups -OCH3 is 1. The van der Waals surface area contributed by atoms with Crippen molar-refractivity contribution in [1.82, 2.24) is 0 Å². The highest BCUT2D eigenvalue weighted by Crippen LogP contribution is 2.28. The van der Waals surface area contributed by atoms with E-state index in [9.17, 15) is 4.79 Å². The van der Waals surface area contributed by atoms with Crippen LogP contribution in [-0.2, 0) is 9.53 Å². The Morgan fingerprint density at radius 3 is 2.44 bits per heavy atom. The van der Waals surface area contributed by atoms with Crippen LogP contribution >= 0.6 is 0 Å². The Kier molecular flexibility index (Phi) is 7.97. The summed E-state index contributed by atoms with van der Waals surface area (Å²) in [5, 5.41) is 0. The molecule has 18 heavy (non-hydrogen) atoms. The first-order chi connectivity index (χ1) is 8.32. The van der Waals surface area contributed by atoms with Gasteiger partial charge >= 0.3 is 5.97 Å². The van der Waals surface area contributed by atoms with Gasteiger partial charge in [-0.05, 0) is 37.5 Å². The van der Waals surface area contributed by atoms with E-state index in [0.717, 1.165) is 25.7 Å². The molecule has 1 unspecified atom stereocenters. The van der Waals surface area contributed by atoms with Crippen LogP contribution in [-0.4, -0.2) is 13.1 Å². The number of allylic oxidation sites excluding steroid dienone is 1. The lowest BCUT2D eigenvalue weighted by molar-refractivity contribution is -0.145. The van der Waals surface area contributed by atoms with Crippen molar-refractivity contribution in [2.24, 2.45) is 11.3 Å². The zero-order valence-electron chi connectivity index (χ0n) is 12.8. The molecule has 0 saturated heterocycles. The van der Waals surface area contributed by atoms with Crippen molar-refractivity contribution in [3.05, 3.63) is 12.2 Å². The fourth-order valence-electron chi connectivity index (χ4n) is 1.79. The summed E-state index contributed by atoms with van der Waals surface area (Å²) in [6, 6.07) is 0. The molecule has 0 N–H and O–H groups in total. The Hall–Kier alpha value is -0.790. The minimum absolute atomic E-state index is 0.00915. The van der Waals surface area contributed by atoms with Gasteiger partial charge in [0.2, 0.25) is 0 Å². The van der Waals surface area contributed by atoms with Gasteiger partial charge in [-0.1, -0.05) is 46.3 Å². The van der Waals surface area contributed by atoms with E-state index in [4.69, 9.17) is 4.74 Å². The molecule has 0 radical (unpaired) electrons. The quantitative estimate of drug-likeness (QED) is 0.439. The largest absolute Gasteiger partial charge is 0.469 e. The zero-order chi connectivity index (χ0) is 14.2. The van der Waals surface area contributed by atoms with Gasteiger partial charge in [-0.25, -0.2) is 0 Å². The number of hydrogen-bond acceptors (Lipinski definition) is 2. The fraction of sp³-hybridized carbons (Fsp3) is 0.812. The maximum absolute atomic E-state index is 11.2. The standard InChI is InChI=1S/C16H30O2/c1-7-16(4,5)12-11-13(2)9-8-10-14(3)15(17)18-6/h14H,2,7-12H2,1,3-6H3. The zero-order valence-corrected chi connectivity index (χ0v) is 12.8. The third-order valence-electron chi connectivity index (χ3n) is 3.88. The summed E-state index contributed by atoms with van der Waals surface area (Å²) < 4.78 is 4.71. The van der Waals surface area contributed by atoms with E-state index in [1.54, 1.807) is 0 Å². The molecule has 2 nitrogen and oxygen atoms in total. The van der Waals surface area contributed by atoms with E-state index in [2.05, 4.69) is 27.4 Å². The predicted molar refractivity (Wildman–Crippen MR) is 77.5 cm³/mol. The summed E-state index contributed by atoms with van der Waals surface area (Å²) in [6.45, 7) is 12.9. The maximum atomic E-state index is 11.2. The molecule has 0 aromatic rings. The summed E-state index contributed by atoms with van der Waals surface area (Å²) in [5.74, 6) is -0.0948. The van der Waals surface area contributed by atoms with Gasteiger partial charge in [0.25, 0.3) is 0 Å². The molecule has 2 heteroatoms. The van der Waals surface area contributed by atoms with Crippen LogP contribution in [0.3, 0.4) is 0 Å². The van der Waals surface area contributed by atoms with E-state index in [0.29, 0.717) is 5.41 Å². The molecule has 0 amide bonds. The second-order valence-corrected chi connectivity index (χ2v) is 6.08. The minimum Gasteiger partial charge on any atom is -0.469 e. The van der Waals surface area contributed by atoms with Gasteiger partial charge in [0.05, 0.1) is 13.0 Å². The van der Waals surface area contributed by atoms with Crippen molar-refractivity contribution in [1.29, 1.82) is 0 Å². The van der Waals surface area contributed by atoms with Crippen molar-refractivity contribution in [3.63, 3.8) is 0 Å². The monoisotopic (exact) mass is 254 g/mol. The van der Waals surface area contributed by atoms with Gasteiger partial charge < -0.3 is 4.74 Å². The highest BCUT2D eigenvalue weighted by atomic mass is 16.5. The molecule has 0 aliphatic rings. The summed E-state index contributed by atoms with van der Waals surface area (Å²) in [6.07, 6.45) is 6.47. The third-order valence-corrected chi connectivity index (χ3v) is 3.88. The Balaban J connectivity index is 3.75. The third kappa shape index (κ3) is 7.52. The Morgan fingerprint density at radius 2 is 1.94 bits per heavy atom. The van der Waals surface area contributed by atoms with Gasteiger partial charge in [-0.15, -0.1) is 0 Å². The van der Waals surface area contributed by atoms with Crippen LogP contribution in [0.1, 0.15) is 66.2 Å². The lowest BCUT2D eigenvalue weighted by atomic mass is 9.83. The van der Waals surface area contributed by atoms with Crippen molar-refractivity contribution in [2.75, 3.05) is 7.11 Å². The van der Waals surface area contributed by atoms with Crippen LogP contribution in [0, 0.1) is 11.3 Å². The normalized spacial score (nSPS) is 13.2. The molecular weight excluding hydrogens is 224 g/mol. The van der Waals surface area contributed by atoms with E-state index in [1.165, 1.54) is 25.5 Å². The van der Waals surface area contributed by atoms with Crippen molar-refractivity contribution in [3.8, 4) is 0 Å². The van der Waals surface area contributed by atoms with Crippen LogP contribution < -0.4 is 0 Å². The summed E-state index contributed by atoms with van der Waals surface area (Å²) in [4.78, 5) is 11.2. The summed E-state index contributed by atoms with van der Waals surface area (Å²) >= 11 is 0. The SMILES string of the molecule is C=C(CCCC(C)C(=O)OC)CCC(C)(C)CC. The molecule has 0 rings (SSSR count). The molecule has 106 valence electrons. The van der Waals surface area contributed by atoms with Crippen LogP contribution in [0.5, 0.6) is 0 Å². The Labute approximate surface area is 113 Å². The highest BCUT2D eigenvalue weighted by Gasteiger charge is 2.15. The second-order valence-electron chi connectivity index (χ2n) is 6.08. The van der Waals surface area contributed by atoms with Crippen molar-refractivity contribution >= 4 is 5.97 Å². The summed E-state index contributed by atoms with van der Waals surface area (Å²) in [5.41, 5.74) is 1.73. The number of hydrogen-bond donors (Lipinski definition) is 0. The predicted octanol–water partition coefficient (Wildman–Crippen LogP) is 4.74. The lowest BCUT2D eigenvalue weighted by Gasteiger charge is -2.22. The van der Waals surface area contributed by atoms with Crippen LogP contribution in [0.2, 0.25) is 0 Å². The van der Waals surface area contributed by atoms with Gasteiger partial charge in [0.1, 0.15) is 0 Å². The van der Waals surface area contributed by atoms with Crippen LogP contribution in [0.15, 0.2) is 12.2 Å². The molecule has 0 fully saturated rings. The highest BCUT2D eigenvalue weighted by molar-refractivity contribution is 5.71. The van der Waals surface area contributed by atoms with E-state index < -0.39 is 0 Å². The van der Waals surface area contributed by atoms with E-state index in [-0.39, 0.29) is 11.9 Å². The molecule has 0 bridgehead atoms. The molecule has 0 heterocycles. The van der Waals surface area contributed by atoms with Gasteiger partial charge in [-0.2, -0.15) is 0 Å². The van der Waals surface area contributed by atoms with Gasteiger partial charge in [-0.3, -0.25) is 4.79 Å². The smallest absolute Gasteiger partial charge is 0.308 e. The first kappa shape index (κ1) is 17.2. The first-order valence-corrected chi connectivity index (χ1v) is 7.07. The number of carbonyl (C=O) groups excluding carboxylic acids is 1. The number of ether oxygens (including phenoxy) is 1. The van der Waals surface area contributed by atoms with Crippen molar-refractivity contribution in [2.45, 2.75) is 66.2 Å². The average Bonchev–Trinajstić information content (AvgIpc) is 2.35. The average molecular weight is 254 g/mol. The number of rotatable bonds is 9. The van der Waals surface area contributed by atoms with E-state index in [1.807, 2.05) is 6.92 Å². The summed E-state index contributed by atoms with van der Waals surface area (Å²) in [7, 11) is 1.45. The molecular formula is C16H30O2. The molecule has 1 atom stereocenters. The van der Waals surface area contributed by atoms with Gasteiger partial charge in [0.15, 0.2) is 0 Å². The van der Waals surface area contributed by atoms with Crippen LogP contribution in [0.25, 0.3) is 0 Å². The van der Waals surface area contributed by atoms with Gasteiger partial charge in [0, 0.05) is 0 Å². The molecule has 0 saturated carbocycles. The second kappa shape index (κ2) is 8.34. The molecule has 0 aromatic heterocycles. The molecule has 0 aromatic carbocycles. The fourth-order valence-corrected chi connectivity index (χ4v) is 1.79. The van der Waals surface area contributed by atoms with Crippen molar-refractivity contribution < 1.29 is 9.53 Å². The number of esters is 1. The topological polar surface area (TPSA) is 26.3 Å². The maximum Gasteiger partial charge on any atom is 0.308 e. The Morgan fingerprint density at radius 1 is 1.33 bits per heavy atom. The molecule has 0 aliphatic heterocycles. The molecule has 0 aliphatic carbocycles. The van der Waals surface area contributed by atoms with E-state index >= 15 is 0 Å².